The highest BCUT2D eigenvalue weighted by molar-refractivity contribution is 7.79. The zero-order valence-electron chi connectivity index (χ0n) is 13.1. The molecule has 2 unspecified atom stereocenters. The summed E-state index contributed by atoms with van der Waals surface area (Å²) in [7, 11) is 0. The third kappa shape index (κ3) is 3.12. The van der Waals surface area contributed by atoms with Crippen molar-refractivity contribution in [1.29, 1.82) is 0 Å². The molecule has 1 aliphatic carbocycles. The van der Waals surface area contributed by atoms with Crippen molar-refractivity contribution in [2.75, 3.05) is 13.1 Å². The molecule has 1 aliphatic rings. The van der Waals surface area contributed by atoms with Gasteiger partial charge in [-0.2, -0.15) is 0 Å². The summed E-state index contributed by atoms with van der Waals surface area (Å²) in [6.45, 7) is 9.40. The Hall–Kier alpha value is -0.730. The molecule has 1 aromatic carbocycles. The average Bonchev–Trinajstić information content (AvgIpc) is 2.47. The molecule has 0 saturated heterocycles. The smallest absolute Gasteiger partial charge is 0.0165 e. The van der Waals surface area contributed by atoms with E-state index in [0.717, 1.165) is 0 Å². The Labute approximate surface area is 129 Å². The lowest BCUT2D eigenvalue weighted by Crippen LogP contribution is -2.42. The Morgan fingerprint density at radius 3 is 2.55 bits per heavy atom. The van der Waals surface area contributed by atoms with Gasteiger partial charge in [0.1, 0.15) is 0 Å². The standard InChI is InChI=1S/C18H27NS/c1-4-11-19(12-5-2)17-10-9-15-7-6-8-16(13-20)18(15)14(17)3/h6-8,13-14,17H,4-5,9-12H2,1-3H3. The van der Waals surface area contributed by atoms with E-state index in [-0.39, 0.29) is 0 Å². The van der Waals surface area contributed by atoms with E-state index in [1.54, 1.807) is 0 Å². The molecule has 0 N–H and O–H groups in total. The number of aryl methyl sites for hydroxylation is 1. The van der Waals surface area contributed by atoms with Crippen molar-refractivity contribution in [2.45, 2.75) is 58.4 Å². The van der Waals surface area contributed by atoms with Crippen LogP contribution in [-0.2, 0) is 6.42 Å². The number of rotatable bonds is 6. The SMILES string of the molecule is CCCN(CCC)C1CCc2cccc(C=S)c2C1C. The van der Waals surface area contributed by atoms with Crippen LogP contribution >= 0.6 is 12.2 Å². The predicted octanol–water partition coefficient (Wildman–Crippen LogP) is 4.57. The zero-order chi connectivity index (χ0) is 14.5. The third-order valence-corrected chi connectivity index (χ3v) is 4.84. The van der Waals surface area contributed by atoms with Gasteiger partial charge in [0.15, 0.2) is 0 Å². The maximum atomic E-state index is 5.23. The first-order chi connectivity index (χ1) is 9.72. The van der Waals surface area contributed by atoms with E-state index in [4.69, 9.17) is 12.2 Å². The van der Waals surface area contributed by atoms with E-state index in [0.29, 0.717) is 12.0 Å². The van der Waals surface area contributed by atoms with Crippen LogP contribution in [0.15, 0.2) is 18.2 Å². The molecule has 110 valence electrons. The van der Waals surface area contributed by atoms with Crippen LogP contribution in [0.1, 0.15) is 62.6 Å². The predicted molar refractivity (Wildman–Crippen MR) is 91.9 cm³/mol. The lowest BCUT2D eigenvalue weighted by molar-refractivity contribution is 0.159. The molecule has 1 aromatic rings. The van der Waals surface area contributed by atoms with Crippen LogP contribution < -0.4 is 0 Å². The number of nitrogens with zero attached hydrogens (tertiary/aromatic N) is 1. The van der Waals surface area contributed by atoms with Gasteiger partial charge in [0, 0.05) is 11.4 Å². The Bertz CT molecular complexity index is 449. The van der Waals surface area contributed by atoms with Crippen molar-refractivity contribution in [3.63, 3.8) is 0 Å². The van der Waals surface area contributed by atoms with Gasteiger partial charge in [-0.25, -0.2) is 0 Å². The lowest BCUT2D eigenvalue weighted by Gasteiger charge is -2.40. The molecule has 0 fully saturated rings. The van der Waals surface area contributed by atoms with Gasteiger partial charge in [0.2, 0.25) is 0 Å². The highest BCUT2D eigenvalue weighted by Gasteiger charge is 2.31. The van der Waals surface area contributed by atoms with Crippen molar-refractivity contribution >= 4 is 17.6 Å². The number of benzene rings is 1. The molecule has 0 aliphatic heterocycles. The molecule has 0 heterocycles. The topological polar surface area (TPSA) is 3.24 Å². The molecule has 1 nitrogen and oxygen atoms in total. The van der Waals surface area contributed by atoms with Crippen LogP contribution in [0.4, 0.5) is 0 Å². The van der Waals surface area contributed by atoms with Crippen molar-refractivity contribution in [2.24, 2.45) is 0 Å². The fourth-order valence-corrected chi connectivity index (χ4v) is 3.98. The van der Waals surface area contributed by atoms with E-state index < -0.39 is 0 Å². The van der Waals surface area contributed by atoms with Crippen molar-refractivity contribution in [3.05, 3.63) is 34.9 Å². The number of fused-ring (bicyclic) bond motifs is 1. The normalized spacial score (nSPS) is 21.8. The summed E-state index contributed by atoms with van der Waals surface area (Å²) in [4.78, 5) is 2.70. The van der Waals surface area contributed by atoms with Crippen LogP contribution in [0, 0.1) is 0 Å². The molecule has 0 saturated carbocycles. The second kappa shape index (κ2) is 7.33. The van der Waals surface area contributed by atoms with Crippen LogP contribution in [0.3, 0.4) is 0 Å². The van der Waals surface area contributed by atoms with Gasteiger partial charge in [-0.1, -0.05) is 51.2 Å². The van der Waals surface area contributed by atoms with Crippen LogP contribution in [-0.4, -0.2) is 29.4 Å². The lowest BCUT2D eigenvalue weighted by atomic mass is 9.77. The quantitative estimate of drug-likeness (QED) is 0.706. The molecular weight excluding hydrogens is 262 g/mol. The van der Waals surface area contributed by atoms with E-state index in [1.165, 1.54) is 55.5 Å². The van der Waals surface area contributed by atoms with Gasteiger partial charge in [0.25, 0.3) is 0 Å². The van der Waals surface area contributed by atoms with Gasteiger partial charge in [-0.3, -0.25) is 4.90 Å². The first-order valence-corrected chi connectivity index (χ1v) is 8.51. The summed E-state index contributed by atoms with van der Waals surface area (Å²) < 4.78 is 0. The minimum atomic E-state index is 0.590. The summed E-state index contributed by atoms with van der Waals surface area (Å²) in [5.41, 5.74) is 4.29. The fraction of sp³-hybridized carbons (Fsp3) is 0.611. The summed E-state index contributed by atoms with van der Waals surface area (Å²) in [6, 6.07) is 7.29. The van der Waals surface area contributed by atoms with Crippen molar-refractivity contribution < 1.29 is 0 Å². The van der Waals surface area contributed by atoms with Gasteiger partial charge < -0.3 is 0 Å². The fourth-order valence-electron chi connectivity index (χ4n) is 3.77. The van der Waals surface area contributed by atoms with Crippen molar-refractivity contribution in [1.82, 2.24) is 4.90 Å². The number of hydrogen-bond acceptors (Lipinski definition) is 2. The molecule has 0 radical (unpaired) electrons. The first kappa shape index (κ1) is 15.7. The maximum Gasteiger partial charge on any atom is 0.0165 e. The highest BCUT2D eigenvalue weighted by atomic mass is 32.1. The van der Waals surface area contributed by atoms with Crippen LogP contribution in [0.2, 0.25) is 0 Å². The Balaban J connectivity index is 2.29. The molecule has 0 spiro atoms. The summed E-state index contributed by atoms with van der Waals surface area (Å²) in [6.07, 6.45) is 4.97. The van der Waals surface area contributed by atoms with Gasteiger partial charge in [0.05, 0.1) is 0 Å². The molecule has 20 heavy (non-hydrogen) atoms. The maximum absolute atomic E-state index is 5.23. The summed E-state index contributed by atoms with van der Waals surface area (Å²) >= 11 is 5.23. The highest BCUT2D eigenvalue weighted by Crippen LogP contribution is 2.36. The van der Waals surface area contributed by atoms with Gasteiger partial charge in [-0.15, -0.1) is 0 Å². The zero-order valence-corrected chi connectivity index (χ0v) is 13.9. The summed E-state index contributed by atoms with van der Waals surface area (Å²) in [5, 5.41) is 1.86. The van der Waals surface area contributed by atoms with Gasteiger partial charge in [-0.05, 0) is 61.4 Å². The van der Waals surface area contributed by atoms with E-state index in [2.05, 4.69) is 43.9 Å². The molecular formula is C18H27NS. The van der Waals surface area contributed by atoms with Crippen LogP contribution in [0.25, 0.3) is 0 Å². The number of hydrogen-bond donors (Lipinski definition) is 0. The number of thiocarbonyl (C=S) groups is 1. The third-order valence-electron chi connectivity index (χ3n) is 4.59. The Kier molecular flexibility index (Phi) is 5.74. The first-order valence-electron chi connectivity index (χ1n) is 8.03. The molecule has 2 rings (SSSR count). The largest absolute Gasteiger partial charge is 0.300 e. The van der Waals surface area contributed by atoms with E-state index >= 15 is 0 Å². The van der Waals surface area contributed by atoms with E-state index in [9.17, 15) is 0 Å². The second-order valence-electron chi connectivity index (χ2n) is 5.97. The minimum absolute atomic E-state index is 0.590. The molecule has 0 aromatic heterocycles. The second-order valence-corrected chi connectivity index (χ2v) is 6.20. The van der Waals surface area contributed by atoms with Crippen LogP contribution in [0.5, 0.6) is 0 Å². The molecule has 0 bridgehead atoms. The molecule has 2 atom stereocenters. The minimum Gasteiger partial charge on any atom is -0.300 e. The molecule has 2 heteroatoms. The average molecular weight is 289 g/mol. The van der Waals surface area contributed by atoms with Gasteiger partial charge >= 0.3 is 0 Å². The van der Waals surface area contributed by atoms with E-state index in [1.807, 2.05) is 5.37 Å². The Morgan fingerprint density at radius 1 is 1.25 bits per heavy atom. The summed E-state index contributed by atoms with van der Waals surface area (Å²) in [5.74, 6) is 0.590. The molecule has 0 amide bonds. The monoisotopic (exact) mass is 289 g/mol. The Morgan fingerprint density at radius 2 is 1.95 bits per heavy atom. The van der Waals surface area contributed by atoms with Crippen molar-refractivity contribution in [3.8, 4) is 0 Å².